The van der Waals surface area contributed by atoms with Crippen LogP contribution in [0.5, 0.6) is 97.7 Å². The molecule has 22 heteroatoms. The van der Waals surface area contributed by atoms with Crippen LogP contribution in [0.25, 0.3) is 24.3 Å². The summed E-state index contributed by atoms with van der Waals surface area (Å²) in [6.07, 6.45) is 7.17. The van der Waals surface area contributed by atoms with Crippen molar-refractivity contribution >= 4 is 53.1 Å². The predicted molar refractivity (Wildman–Crippen MR) is 395 cm³/mol. The first-order valence-corrected chi connectivity index (χ1v) is 32.0. The average Bonchev–Trinajstić information content (AvgIpc) is 1.40. The number of methoxy groups -OCH3 is 12. The van der Waals surface area contributed by atoms with Crippen LogP contribution in [0.4, 0.5) is 5.69 Å². The predicted octanol–water partition coefficient (Wildman–Crippen LogP) is 15.3. The number of ether oxygens (including phenoxy) is 16. The van der Waals surface area contributed by atoms with Crippen molar-refractivity contribution in [2.75, 3.05) is 124 Å². The summed E-state index contributed by atoms with van der Waals surface area (Å²) >= 11 is 0. The van der Waals surface area contributed by atoms with Crippen LogP contribution in [0.1, 0.15) is 91.4 Å². The highest BCUT2D eigenvalue weighted by Crippen LogP contribution is 2.43. The summed E-state index contributed by atoms with van der Waals surface area (Å²) < 4.78 is 85.0. The Kier molecular flexibility index (Phi) is 28.3. The molecule has 10 rings (SSSR count). The summed E-state index contributed by atoms with van der Waals surface area (Å²) in [5, 5.41) is 9.87. The maximum Gasteiger partial charge on any atom is 0.231 e. The monoisotopic (exact) mass is 1410 g/mol. The van der Waals surface area contributed by atoms with Crippen LogP contribution in [0.2, 0.25) is 0 Å². The smallest absolute Gasteiger partial charge is 0.231 e. The van der Waals surface area contributed by atoms with Gasteiger partial charge in [-0.05, 0) is 200 Å². The Labute approximate surface area is 600 Å². The lowest BCUT2D eigenvalue weighted by Gasteiger charge is -2.18. The molecule has 8 aromatic rings. The summed E-state index contributed by atoms with van der Waals surface area (Å²) in [4.78, 5) is 53.3. The molecular formula is C81H87NO21. The zero-order valence-electron chi connectivity index (χ0n) is 61.2. The van der Waals surface area contributed by atoms with Gasteiger partial charge in [-0.1, -0.05) is 30.3 Å². The molecule has 1 N–H and O–H groups in total. The SMILES string of the molecule is COc1cc(C(=O)/C(C)=C/c2ccc3c(c2)OCCO3)cc(OC)c1OC.COc1cc(C(=O)/C(C)=C/c2ccc3c(c2)OCO3)cc(OC)c1OC.COc1ccc(/C=C(\C)C(=O)c2cc(OC)c(OC)c(OC)c2)cc1O.COc1ccc(OC)c(C(=O)/C(C)=C/c2ccc(N(C)C)cc2)c1. The number of hydrogen-bond acceptors (Lipinski definition) is 22. The van der Waals surface area contributed by atoms with Crippen LogP contribution in [-0.2, 0) is 0 Å². The maximum atomic E-state index is 12.9. The number of rotatable bonds is 25. The van der Waals surface area contributed by atoms with Gasteiger partial charge in [0, 0.05) is 36.5 Å². The maximum absolute atomic E-state index is 12.9. The fourth-order valence-corrected chi connectivity index (χ4v) is 10.6. The van der Waals surface area contributed by atoms with Crippen LogP contribution in [0.3, 0.4) is 0 Å². The Hall–Kier alpha value is -12.2. The van der Waals surface area contributed by atoms with Gasteiger partial charge in [0.05, 0.1) is 90.9 Å². The van der Waals surface area contributed by atoms with Crippen molar-refractivity contribution in [2.24, 2.45) is 0 Å². The first-order valence-electron chi connectivity index (χ1n) is 32.0. The second kappa shape index (κ2) is 37.3. The van der Waals surface area contributed by atoms with Gasteiger partial charge in [0.25, 0.3) is 0 Å². The number of Topliss-reactive ketones (excluding diaryl/α,β-unsaturated/α-hetero) is 4. The van der Waals surface area contributed by atoms with E-state index in [9.17, 15) is 24.3 Å². The van der Waals surface area contributed by atoms with E-state index in [1.807, 2.05) is 91.8 Å². The molecule has 0 aromatic heterocycles. The van der Waals surface area contributed by atoms with Crippen molar-refractivity contribution in [3.05, 3.63) is 200 Å². The minimum atomic E-state index is -0.195. The van der Waals surface area contributed by atoms with E-state index < -0.39 is 0 Å². The number of phenols is 1. The largest absolute Gasteiger partial charge is 0.504 e. The third-order valence-corrected chi connectivity index (χ3v) is 16.0. The molecule has 0 atom stereocenters. The quantitative estimate of drug-likeness (QED) is 0.0413. The van der Waals surface area contributed by atoms with Gasteiger partial charge >= 0.3 is 0 Å². The molecule has 0 spiro atoms. The summed E-state index contributed by atoms with van der Waals surface area (Å²) in [5.41, 5.74) is 8.57. The fourth-order valence-electron chi connectivity index (χ4n) is 10.6. The molecule has 542 valence electrons. The molecule has 0 saturated heterocycles. The Morgan fingerprint density at radius 3 is 1.05 bits per heavy atom. The number of carbonyl (C=O) groups is 4. The Morgan fingerprint density at radius 1 is 0.340 bits per heavy atom. The lowest BCUT2D eigenvalue weighted by molar-refractivity contribution is 0.102. The van der Waals surface area contributed by atoms with Crippen LogP contribution < -0.4 is 80.7 Å². The third-order valence-electron chi connectivity index (χ3n) is 16.0. The van der Waals surface area contributed by atoms with Gasteiger partial charge < -0.3 is 85.8 Å². The van der Waals surface area contributed by atoms with Crippen molar-refractivity contribution in [1.82, 2.24) is 0 Å². The number of carbonyl (C=O) groups excluding carboxylic acids is 4. The molecular weight excluding hydrogens is 1320 g/mol. The molecule has 0 bridgehead atoms. The van der Waals surface area contributed by atoms with Gasteiger partial charge in [-0.3, -0.25) is 19.2 Å². The summed E-state index contributed by atoms with van der Waals surface area (Å²) in [6, 6.07) is 39.1. The number of benzene rings is 8. The molecule has 0 unspecified atom stereocenters. The Morgan fingerprint density at radius 2 is 0.670 bits per heavy atom. The molecule has 2 aliphatic rings. The van der Waals surface area contributed by atoms with E-state index in [0.717, 1.165) is 22.4 Å². The normalized spacial score (nSPS) is 12.0. The number of nitrogens with zero attached hydrogens (tertiary/aromatic N) is 1. The fraction of sp³-hybridized carbons (Fsp3) is 0.259. The molecule has 0 saturated carbocycles. The number of fused-ring (bicyclic) bond motifs is 2. The zero-order valence-corrected chi connectivity index (χ0v) is 61.2. The lowest BCUT2D eigenvalue weighted by atomic mass is 10.0. The molecule has 103 heavy (non-hydrogen) atoms. The van der Waals surface area contributed by atoms with E-state index in [1.54, 1.807) is 121 Å². The van der Waals surface area contributed by atoms with E-state index in [2.05, 4.69) is 0 Å². The van der Waals surface area contributed by atoms with Crippen LogP contribution in [-0.4, -0.2) is 148 Å². The molecule has 22 nitrogen and oxygen atoms in total. The summed E-state index contributed by atoms with van der Waals surface area (Å²) in [7, 11) is 22.2. The highest BCUT2D eigenvalue weighted by atomic mass is 16.7. The molecule has 2 heterocycles. The first kappa shape index (κ1) is 78.1. The minimum Gasteiger partial charge on any atom is -0.504 e. The molecule has 0 amide bonds. The molecule has 0 radical (unpaired) electrons. The Bertz CT molecular complexity index is 4390. The van der Waals surface area contributed by atoms with E-state index >= 15 is 0 Å². The van der Waals surface area contributed by atoms with Crippen LogP contribution >= 0.6 is 0 Å². The van der Waals surface area contributed by atoms with E-state index in [1.165, 1.54) is 77.2 Å². The van der Waals surface area contributed by atoms with Crippen molar-refractivity contribution in [3.8, 4) is 97.7 Å². The van der Waals surface area contributed by atoms with Crippen molar-refractivity contribution in [3.63, 3.8) is 0 Å². The van der Waals surface area contributed by atoms with Gasteiger partial charge in [0.2, 0.25) is 24.0 Å². The van der Waals surface area contributed by atoms with Gasteiger partial charge in [0.1, 0.15) is 24.7 Å². The van der Waals surface area contributed by atoms with Gasteiger partial charge in [0.15, 0.2) is 92.1 Å². The van der Waals surface area contributed by atoms with Crippen LogP contribution in [0, 0.1) is 0 Å². The third kappa shape index (κ3) is 19.8. The van der Waals surface area contributed by atoms with Gasteiger partial charge in [-0.15, -0.1) is 0 Å². The number of phenolic OH excluding ortho intramolecular Hbond substituents is 1. The summed E-state index contributed by atoms with van der Waals surface area (Å²) in [6.45, 7) is 8.31. The standard InChI is InChI=1S/C21H22O6.C20H23NO3.C20H20O6.C20H22O6/c1-13(9-14-5-6-16-17(10-14)27-8-7-26-16)20(22)15-11-18(23-2)21(25-4)19(12-15)24-3;1-14(12-15-6-8-16(9-7-15)21(2)3)20(22)18-13-17(23-4)10-11-19(18)24-5;1-12(7-13-5-6-15-16(8-13)26-11-25-15)19(21)14-9-17(22-2)20(24-4)18(10-14)23-3;1-12(8-13-6-7-16(23-2)15(21)9-13)19(22)14-10-17(24-3)20(26-5)18(11-14)25-4/h5-6,9-12H,7-8H2,1-4H3;6-13H,1-5H3;5-10H,11H2,1-4H3;6-11,21H,1-5H3/b13-9+;14-12+;12-7+;12-8+. The van der Waals surface area contributed by atoms with E-state index in [4.69, 9.17) is 75.8 Å². The molecule has 0 aliphatic carbocycles. The van der Waals surface area contributed by atoms with Crippen LogP contribution in [0.15, 0.2) is 156 Å². The van der Waals surface area contributed by atoms with E-state index in [0.29, 0.717) is 155 Å². The Balaban J connectivity index is 0.000000192. The van der Waals surface area contributed by atoms with Crippen molar-refractivity contribution in [1.29, 1.82) is 0 Å². The average molecular weight is 1410 g/mol. The molecule has 0 fully saturated rings. The number of ketones is 4. The topological polar surface area (TPSA) is 239 Å². The van der Waals surface area contributed by atoms with Crippen molar-refractivity contribution in [2.45, 2.75) is 27.7 Å². The minimum absolute atomic E-state index is 0.00860. The second-order valence-corrected chi connectivity index (χ2v) is 22.9. The first-order chi connectivity index (χ1) is 49.5. The highest BCUT2D eigenvalue weighted by Gasteiger charge is 2.23. The summed E-state index contributed by atoms with van der Waals surface area (Å²) in [5.74, 6) is 7.66. The van der Waals surface area contributed by atoms with E-state index in [-0.39, 0.29) is 35.7 Å². The zero-order chi connectivity index (χ0) is 75.0. The van der Waals surface area contributed by atoms with Crippen molar-refractivity contribution < 1.29 is 100 Å². The number of hydrogen-bond donors (Lipinski definition) is 1. The highest BCUT2D eigenvalue weighted by molar-refractivity contribution is 6.14. The molecule has 8 aromatic carbocycles. The lowest BCUT2D eigenvalue weighted by Crippen LogP contribution is -2.15. The second-order valence-electron chi connectivity index (χ2n) is 22.9. The van der Waals surface area contributed by atoms with Gasteiger partial charge in [-0.2, -0.15) is 0 Å². The number of anilines is 1. The number of aromatic hydroxyl groups is 1. The van der Waals surface area contributed by atoms with Gasteiger partial charge in [-0.25, -0.2) is 0 Å². The molecule has 2 aliphatic heterocycles. The number of allylic oxidation sites excluding steroid dienone is 4.